The molecule has 6 atom stereocenters. The summed E-state index contributed by atoms with van der Waals surface area (Å²) in [5, 5.41) is 33.7. The summed E-state index contributed by atoms with van der Waals surface area (Å²) in [4.78, 5) is 39.1. The Bertz CT molecular complexity index is 1530. The molecule has 0 aliphatic carbocycles. The predicted octanol–water partition coefficient (Wildman–Crippen LogP) is 6.80. The molecule has 9 heteroatoms. The van der Waals surface area contributed by atoms with Gasteiger partial charge < -0.3 is 30.1 Å². The predicted molar refractivity (Wildman–Crippen MR) is 203 cm³/mol. The lowest BCUT2D eigenvalue weighted by atomic mass is 9.95. The fourth-order valence-electron chi connectivity index (χ4n) is 5.57. The van der Waals surface area contributed by atoms with Crippen molar-refractivity contribution in [3.63, 3.8) is 0 Å². The molecule has 1 aliphatic heterocycles. The van der Waals surface area contributed by atoms with Gasteiger partial charge in [-0.1, -0.05) is 116 Å². The second kappa shape index (κ2) is 23.9. The fraction of sp³-hybridized carbons (Fsp3) is 0.419. The van der Waals surface area contributed by atoms with Gasteiger partial charge in [0.05, 0.1) is 12.5 Å². The Morgan fingerprint density at radius 1 is 0.788 bits per heavy atom. The van der Waals surface area contributed by atoms with Crippen LogP contribution in [0.2, 0.25) is 0 Å². The van der Waals surface area contributed by atoms with Crippen molar-refractivity contribution in [2.24, 2.45) is 0 Å². The number of ether oxygens (including phenoxy) is 2. The second-order valence-corrected chi connectivity index (χ2v) is 12.7. The number of aliphatic hydroxyl groups is 3. The molecule has 0 spiro atoms. The molecule has 9 nitrogen and oxygen atoms in total. The minimum Gasteiger partial charge on any atom is -0.433 e. The van der Waals surface area contributed by atoms with Crippen LogP contribution >= 0.6 is 0 Å². The maximum absolute atomic E-state index is 13.3. The average molecular weight is 714 g/mol. The summed E-state index contributed by atoms with van der Waals surface area (Å²) in [7, 11) is 0. The first-order valence-corrected chi connectivity index (χ1v) is 18.3. The second-order valence-electron chi connectivity index (χ2n) is 12.7. The van der Waals surface area contributed by atoms with Gasteiger partial charge in [-0.3, -0.25) is 14.4 Å². The SMILES string of the molecule is CC/C=C\C/C=C\C/C=C\C/C=C\C/C=C\CCCCC(=O)N[C@H]1[C@H](OC(=O)C(C)c2cccc(C(=O)c3ccccc3)c2)OC(CO)[C@@H](O)[C@H]1O. The van der Waals surface area contributed by atoms with E-state index >= 15 is 0 Å². The Labute approximate surface area is 308 Å². The first-order valence-electron chi connectivity index (χ1n) is 18.3. The molecule has 2 aromatic carbocycles. The van der Waals surface area contributed by atoms with Crippen molar-refractivity contribution < 1.29 is 39.2 Å². The molecule has 1 saturated heterocycles. The number of ketones is 1. The van der Waals surface area contributed by atoms with Crippen LogP contribution in [0.3, 0.4) is 0 Å². The summed E-state index contributed by atoms with van der Waals surface area (Å²) in [5.74, 6) is -2.16. The van der Waals surface area contributed by atoms with Gasteiger partial charge in [-0.05, 0) is 69.9 Å². The van der Waals surface area contributed by atoms with E-state index in [4.69, 9.17) is 9.47 Å². The molecule has 52 heavy (non-hydrogen) atoms. The van der Waals surface area contributed by atoms with Crippen molar-refractivity contribution in [2.45, 2.75) is 108 Å². The van der Waals surface area contributed by atoms with E-state index in [-0.39, 0.29) is 12.2 Å². The number of amides is 1. The maximum Gasteiger partial charge on any atom is 0.315 e. The molecule has 280 valence electrons. The average Bonchev–Trinajstić information content (AvgIpc) is 3.16. The molecular formula is C43H55NO8. The zero-order chi connectivity index (χ0) is 37.6. The third-order valence-corrected chi connectivity index (χ3v) is 8.66. The van der Waals surface area contributed by atoms with Crippen LogP contribution < -0.4 is 5.32 Å². The number of carbonyl (C=O) groups is 3. The lowest BCUT2D eigenvalue weighted by Gasteiger charge is -2.42. The summed E-state index contributed by atoms with van der Waals surface area (Å²) in [6.07, 6.45) is 22.8. The summed E-state index contributed by atoms with van der Waals surface area (Å²) >= 11 is 0. The van der Waals surface area contributed by atoms with Crippen LogP contribution in [0.4, 0.5) is 0 Å². The number of rotatable bonds is 21. The van der Waals surface area contributed by atoms with Crippen LogP contribution in [0.5, 0.6) is 0 Å². The number of nitrogens with one attached hydrogen (secondary N) is 1. The van der Waals surface area contributed by atoms with Gasteiger partial charge in [0.25, 0.3) is 0 Å². The summed E-state index contributed by atoms with van der Waals surface area (Å²) in [5.41, 5.74) is 1.44. The first-order chi connectivity index (χ1) is 25.3. The van der Waals surface area contributed by atoms with E-state index < -0.39 is 55.0 Å². The number of benzene rings is 2. The first kappa shape index (κ1) is 42.0. The maximum atomic E-state index is 13.3. The molecule has 1 amide bonds. The van der Waals surface area contributed by atoms with Crippen LogP contribution in [-0.2, 0) is 19.1 Å². The lowest BCUT2D eigenvalue weighted by Crippen LogP contribution is -2.65. The van der Waals surface area contributed by atoms with Gasteiger partial charge in [0, 0.05) is 17.5 Å². The molecule has 1 aliphatic rings. The number of carbonyl (C=O) groups excluding carboxylic acids is 3. The normalized spacial score (nSPS) is 21.4. The van der Waals surface area contributed by atoms with E-state index in [0.29, 0.717) is 23.1 Å². The highest BCUT2D eigenvalue weighted by Gasteiger charge is 2.47. The molecular weight excluding hydrogens is 658 g/mol. The van der Waals surface area contributed by atoms with Gasteiger partial charge in [-0.15, -0.1) is 0 Å². The highest BCUT2D eigenvalue weighted by atomic mass is 16.7. The lowest BCUT2D eigenvalue weighted by molar-refractivity contribution is -0.264. The van der Waals surface area contributed by atoms with E-state index in [1.807, 2.05) is 6.07 Å². The van der Waals surface area contributed by atoms with Gasteiger partial charge in [0.15, 0.2) is 5.78 Å². The van der Waals surface area contributed by atoms with Crippen LogP contribution in [0.15, 0.2) is 115 Å². The molecule has 0 radical (unpaired) electrons. The van der Waals surface area contributed by atoms with E-state index in [9.17, 15) is 29.7 Å². The van der Waals surface area contributed by atoms with E-state index in [0.717, 1.165) is 44.9 Å². The molecule has 0 saturated carbocycles. The summed E-state index contributed by atoms with van der Waals surface area (Å²) in [6, 6.07) is 14.2. The Hall–Kier alpha value is -4.41. The third kappa shape index (κ3) is 14.3. The van der Waals surface area contributed by atoms with Crippen LogP contribution in [0, 0.1) is 0 Å². The van der Waals surface area contributed by atoms with E-state index in [1.54, 1.807) is 55.5 Å². The van der Waals surface area contributed by atoms with Gasteiger partial charge >= 0.3 is 5.97 Å². The topological polar surface area (TPSA) is 142 Å². The Balaban J connectivity index is 1.44. The third-order valence-electron chi connectivity index (χ3n) is 8.66. The van der Waals surface area contributed by atoms with Crippen molar-refractivity contribution in [1.29, 1.82) is 0 Å². The van der Waals surface area contributed by atoms with Gasteiger partial charge in [0.1, 0.15) is 24.4 Å². The highest BCUT2D eigenvalue weighted by molar-refractivity contribution is 6.09. The van der Waals surface area contributed by atoms with Gasteiger partial charge in [0.2, 0.25) is 12.2 Å². The van der Waals surface area contributed by atoms with E-state index in [2.05, 4.69) is 73.0 Å². The number of esters is 1. The number of hydrogen-bond acceptors (Lipinski definition) is 8. The Kier molecular flexibility index (Phi) is 19.3. The Morgan fingerprint density at radius 3 is 2.00 bits per heavy atom. The van der Waals surface area contributed by atoms with Crippen LogP contribution in [-0.4, -0.2) is 70.2 Å². The standard InChI is InChI=1S/C43H55NO8/c1-3-4-5-6-7-8-9-10-11-12-13-14-15-16-17-18-19-23-29-37(46)44-38-41(49)40(48)36(31-45)51-43(38)52-42(50)32(2)34-27-24-28-35(30-34)39(47)33-25-21-20-22-26-33/h4-5,7-8,10-11,13-14,16-17,20-22,24-28,30,32,36,38,40-41,43,45,48-49H,3,6,9,12,15,18-19,23,29,31H2,1-2H3,(H,44,46)/b5-4-,8-7-,11-10-,14-13-,17-16-/t32?,36?,38-,40-,41+,43+/m1/s1. The smallest absolute Gasteiger partial charge is 0.315 e. The van der Waals surface area contributed by atoms with Crippen molar-refractivity contribution >= 4 is 17.7 Å². The minimum absolute atomic E-state index is 0.159. The van der Waals surface area contributed by atoms with Crippen molar-refractivity contribution in [2.75, 3.05) is 6.61 Å². The van der Waals surface area contributed by atoms with Crippen molar-refractivity contribution in [3.8, 4) is 0 Å². The Morgan fingerprint density at radius 2 is 1.38 bits per heavy atom. The molecule has 3 rings (SSSR count). The fourth-order valence-corrected chi connectivity index (χ4v) is 5.57. The monoisotopic (exact) mass is 713 g/mol. The molecule has 2 aromatic rings. The number of hydrogen-bond donors (Lipinski definition) is 4. The van der Waals surface area contributed by atoms with Crippen molar-refractivity contribution in [1.82, 2.24) is 5.32 Å². The zero-order valence-corrected chi connectivity index (χ0v) is 30.4. The summed E-state index contributed by atoms with van der Waals surface area (Å²) in [6.45, 7) is 3.10. The van der Waals surface area contributed by atoms with E-state index in [1.165, 1.54) is 0 Å². The molecule has 2 unspecified atom stereocenters. The van der Waals surface area contributed by atoms with Crippen LogP contribution in [0.1, 0.15) is 99.0 Å². The van der Waals surface area contributed by atoms with Gasteiger partial charge in [-0.25, -0.2) is 0 Å². The number of allylic oxidation sites excluding steroid dienone is 10. The highest BCUT2D eigenvalue weighted by Crippen LogP contribution is 2.26. The molecule has 0 bridgehead atoms. The summed E-state index contributed by atoms with van der Waals surface area (Å²) < 4.78 is 11.3. The van der Waals surface area contributed by atoms with Gasteiger partial charge in [-0.2, -0.15) is 0 Å². The minimum atomic E-state index is -1.56. The quantitative estimate of drug-likeness (QED) is 0.0479. The number of aliphatic hydroxyl groups excluding tert-OH is 3. The number of unbranched alkanes of at least 4 members (excludes halogenated alkanes) is 2. The molecule has 1 fully saturated rings. The molecule has 4 N–H and O–H groups in total. The van der Waals surface area contributed by atoms with Crippen LogP contribution in [0.25, 0.3) is 0 Å². The largest absolute Gasteiger partial charge is 0.433 e. The van der Waals surface area contributed by atoms with Crippen molar-refractivity contribution in [3.05, 3.63) is 132 Å². The molecule has 1 heterocycles. The zero-order valence-electron chi connectivity index (χ0n) is 30.4. The molecule has 0 aromatic heterocycles.